The van der Waals surface area contributed by atoms with Crippen LogP contribution in [0.2, 0.25) is 0 Å². The first kappa shape index (κ1) is 12.8. The zero-order chi connectivity index (χ0) is 13.4. The minimum atomic E-state index is 0.0954. The van der Waals surface area contributed by atoms with Gasteiger partial charge in [0.25, 0.3) is 0 Å². The highest BCUT2D eigenvalue weighted by Crippen LogP contribution is 2.38. The van der Waals surface area contributed by atoms with Crippen LogP contribution < -0.4 is 10.2 Å². The van der Waals surface area contributed by atoms with Crippen LogP contribution in [0, 0.1) is 18.8 Å². The molecule has 19 heavy (non-hydrogen) atoms. The van der Waals surface area contributed by atoms with Crippen LogP contribution in [0.5, 0.6) is 0 Å². The first-order valence-electron chi connectivity index (χ1n) is 6.94. The highest BCUT2D eigenvalue weighted by molar-refractivity contribution is 7.09. The van der Waals surface area contributed by atoms with Crippen molar-refractivity contribution in [2.45, 2.75) is 39.2 Å². The van der Waals surface area contributed by atoms with Gasteiger partial charge in [-0.2, -0.15) is 4.37 Å². The predicted octanol–water partition coefficient (Wildman–Crippen LogP) is 1.59. The van der Waals surface area contributed by atoms with Crippen molar-refractivity contribution >= 4 is 22.6 Å². The average molecular weight is 280 g/mol. The lowest BCUT2D eigenvalue weighted by molar-refractivity contribution is -0.120. The van der Waals surface area contributed by atoms with Crippen LogP contribution in [0.4, 0.5) is 5.13 Å². The molecule has 1 aromatic heterocycles. The third-order valence-corrected chi connectivity index (χ3v) is 5.11. The molecular formula is C13H20N4OS. The summed E-state index contributed by atoms with van der Waals surface area (Å²) < 4.78 is 4.26. The van der Waals surface area contributed by atoms with E-state index < -0.39 is 0 Å². The predicted molar refractivity (Wildman–Crippen MR) is 75.3 cm³/mol. The zero-order valence-corrected chi connectivity index (χ0v) is 12.2. The van der Waals surface area contributed by atoms with E-state index >= 15 is 0 Å². The van der Waals surface area contributed by atoms with Crippen LogP contribution in [0.25, 0.3) is 0 Å². The number of nitrogens with one attached hydrogen (secondary N) is 1. The van der Waals surface area contributed by atoms with Gasteiger partial charge in [-0.1, -0.05) is 0 Å². The summed E-state index contributed by atoms with van der Waals surface area (Å²) in [5.41, 5.74) is 0. The van der Waals surface area contributed by atoms with E-state index in [1.807, 2.05) is 6.92 Å². The normalized spacial score (nSPS) is 30.2. The Kier molecular flexibility index (Phi) is 3.43. The Morgan fingerprint density at radius 2 is 2.16 bits per heavy atom. The third kappa shape index (κ3) is 2.73. The van der Waals surface area contributed by atoms with Crippen molar-refractivity contribution in [1.29, 1.82) is 0 Å². The molecule has 2 aliphatic rings. The fourth-order valence-corrected chi connectivity index (χ4v) is 4.11. The van der Waals surface area contributed by atoms with Gasteiger partial charge < -0.3 is 10.2 Å². The molecular weight excluding hydrogens is 260 g/mol. The van der Waals surface area contributed by atoms with Crippen LogP contribution in [0.3, 0.4) is 0 Å². The number of fused-ring (bicyclic) bond motifs is 1. The first-order chi connectivity index (χ1) is 9.11. The van der Waals surface area contributed by atoms with E-state index in [2.05, 4.69) is 19.6 Å². The molecule has 1 amide bonds. The molecule has 1 saturated carbocycles. The summed E-state index contributed by atoms with van der Waals surface area (Å²) in [6.45, 7) is 5.72. The number of aryl methyl sites for hydroxylation is 1. The molecule has 1 aliphatic heterocycles. The molecule has 2 heterocycles. The second-order valence-corrected chi connectivity index (χ2v) is 6.49. The fourth-order valence-electron chi connectivity index (χ4n) is 3.42. The van der Waals surface area contributed by atoms with Gasteiger partial charge in [0, 0.05) is 37.6 Å². The lowest BCUT2D eigenvalue weighted by Crippen LogP contribution is -2.39. The van der Waals surface area contributed by atoms with Gasteiger partial charge in [0.15, 0.2) is 0 Å². The summed E-state index contributed by atoms with van der Waals surface area (Å²) in [7, 11) is 0. The van der Waals surface area contributed by atoms with E-state index in [1.54, 1.807) is 6.92 Å². The molecule has 0 spiro atoms. The number of hydrogen-bond acceptors (Lipinski definition) is 5. The van der Waals surface area contributed by atoms with Gasteiger partial charge >= 0.3 is 0 Å². The number of nitrogens with zero attached hydrogens (tertiary/aromatic N) is 3. The Hall–Kier alpha value is -1.17. The molecule has 3 unspecified atom stereocenters. The number of rotatable bonds is 2. The molecule has 104 valence electrons. The summed E-state index contributed by atoms with van der Waals surface area (Å²) in [4.78, 5) is 18.0. The quantitative estimate of drug-likeness (QED) is 0.894. The second kappa shape index (κ2) is 5.07. The summed E-state index contributed by atoms with van der Waals surface area (Å²) in [5.74, 6) is 2.41. The summed E-state index contributed by atoms with van der Waals surface area (Å²) >= 11 is 1.50. The van der Waals surface area contributed by atoms with Crippen molar-refractivity contribution < 1.29 is 4.79 Å². The Morgan fingerprint density at radius 3 is 2.84 bits per heavy atom. The van der Waals surface area contributed by atoms with Crippen LogP contribution in [0.15, 0.2) is 0 Å². The van der Waals surface area contributed by atoms with E-state index in [4.69, 9.17) is 0 Å². The van der Waals surface area contributed by atoms with Gasteiger partial charge in [0.05, 0.1) is 0 Å². The summed E-state index contributed by atoms with van der Waals surface area (Å²) in [5, 5.41) is 4.13. The number of carbonyl (C=O) groups is 1. The molecule has 1 N–H and O–H groups in total. The lowest BCUT2D eigenvalue weighted by atomic mass is 9.79. The third-order valence-electron chi connectivity index (χ3n) is 4.24. The Labute approximate surface area is 117 Å². The van der Waals surface area contributed by atoms with Crippen molar-refractivity contribution in [2.24, 2.45) is 11.8 Å². The zero-order valence-electron chi connectivity index (χ0n) is 11.4. The molecule has 3 atom stereocenters. The van der Waals surface area contributed by atoms with Crippen molar-refractivity contribution in [1.82, 2.24) is 14.7 Å². The van der Waals surface area contributed by atoms with Gasteiger partial charge in [-0.15, -0.1) is 0 Å². The SMILES string of the molecule is CC(=O)NC1CCC2CN(c3nc(C)ns3)CC2C1. The topological polar surface area (TPSA) is 58.1 Å². The Balaban J connectivity index is 1.63. The van der Waals surface area contributed by atoms with Gasteiger partial charge in [-0.3, -0.25) is 4.79 Å². The van der Waals surface area contributed by atoms with E-state index in [-0.39, 0.29) is 5.91 Å². The van der Waals surface area contributed by atoms with E-state index in [1.165, 1.54) is 18.0 Å². The van der Waals surface area contributed by atoms with Gasteiger partial charge in [0.2, 0.25) is 11.0 Å². The monoisotopic (exact) mass is 280 g/mol. The van der Waals surface area contributed by atoms with Gasteiger partial charge in [-0.05, 0) is 38.0 Å². The highest BCUT2D eigenvalue weighted by Gasteiger charge is 2.38. The van der Waals surface area contributed by atoms with Crippen molar-refractivity contribution in [3.8, 4) is 0 Å². The van der Waals surface area contributed by atoms with Crippen LogP contribution in [-0.4, -0.2) is 34.4 Å². The molecule has 2 fully saturated rings. The van der Waals surface area contributed by atoms with E-state index in [9.17, 15) is 4.79 Å². The maximum atomic E-state index is 11.2. The number of aromatic nitrogens is 2. The molecule has 1 saturated heterocycles. The molecule has 0 radical (unpaired) electrons. The molecule has 3 rings (SSSR count). The van der Waals surface area contributed by atoms with Gasteiger partial charge in [0.1, 0.15) is 5.82 Å². The van der Waals surface area contributed by atoms with Crippen LogP contribution >= 0.6 is 11.5 Å². The second-order valence-electron chi connectivity index (χ2n) is 5.76. The maximum Gasteiger partial charge on any atom is 0.217 e. The largest absolute Gasteiger partial charge is 0.354 e. The minimum Gasteiger partial charge on any atom is -0.354 e. The van der Waals surface area contributed by atoms with Gasteiger partial charge in [-0.25, -0.2) is 4.98 Å². The van der Waals surface area contributed by atoms with Crippen LogP contribution in [0.1, 0.15) is 32.0 Å². The number of amides is 1. The van der Waals surface area contributed by atoms with E-state index in [0.717, 1.165) is 42.8 Å². The standard InChI is InChI=1S/C13H20N4OS/c1-8-14-13(19-16-8)17-6-10-3-4-12(15-9(2)18)5-11(10)7-17/h10-12H,3-7H2,1-2H3,(H,15,18). The molecule has 1 aliphatic carbocycles. The fraction of sp³-hybridized carbons (Fsp3) is 0.769. The number of hydrogen-bond donors (Lipinski definition) is 1. The lowest BCUT2D eigenvalue weighted by Gasteiger charge is -2.30. The number of anilines is 1. The molecule has 1 aromatic rings. The van der Waals surface area contributed by atoms with Crippen molar-refractivity contribution in [3.63, 3.8) is 0 Å². The summed E-state index contributed by atoms with van der Waals surface area (Å²) in [6, 6.07) is 0.370. The molecule has 0 aromatic carbocycles. The van der Waals surface area contributed by atoms with Crippen molar-refractivity contribution in [2.75, 3.05) is 18.0 Å². The van der Waals surface area contributed by atoms with Crippen LogP contribution in [-0.2, 0) is 4.79 Å². The minimum absolute atomic E-state index is 0.0954. The Bertz CT molecular complexity index is 475. The van der Waals surface area contributed by atoms with E-state index in [0.29, 0.717) is 12.0 Å². The molecule has 6 heteroatoms. The first-order valence-corrected chi connectivity index (χ1v) is 7.71. The van der Waals surface area contributed by atoms with Crippen molar-refractivity contribution in [3.05, 3.63) is 5.82 Å². The molecule has 0 bridgehead atoms. The summed E-state index contributed by atoms with van der Waals surface area (Å²) in [6.07, 6.45) is 3.44. The smallest absolute Gasteiger partial charge is 0.217 e. The highest BCUT2D eigenvalue weighted by atomic mass is 32.1. The Morgan fingerprint density at radius 1 is 1.37 bits per heavy atom. The average Bonchev–Trinajstić information content (AvgIpc) is 2.93. The maximum absolute atomic E-state index is 11.2. The molecule has 5 nitrogen and oxygen atoms in total. The number of carbonyl (C=O) groups excluding carboxylic acids is 1.